The van der Waals surface area contributed by atoms with Crippen LogP contribution in [0.3, 0.4) is 0 Å². The van der Waals surface area contributed by atoms with Gasteiger partial charge >= 0.3 is 0 Å². The second-order valence-electron chi connectivity index (χ2n) is 7.65. The lowest BCUT2D eigenvalue weighted by Gasteiger charge is -2.27. The van der Waals surface area contributed by atoms with Crippen LogP contribution in [-0.2, 0) is 36.6 Å². The summed E-state index contributed by atoms with van der Waals surface area (Å²) in [5, 5.41) is 4.52. The van der Waals surface area contributed by atoms with Crippen molar-refractivity contribution in [3.8, 4) is 5.75 Å². The van der Waals surface area contributed by atoms with E-state index in [0.717, 1.165) is 22.4 Å². The van der Waals surface area contributed by atoms with E-state index in [4.69, 9.17) is 4.74 Å². The van der Waals surface area contributed by atoms with E-state index in [0.29, 0.717) is 29.3 Å². The van der Waals surface area contributed by atoms with Crippen molar-refractivity contribution >= 4 is 10.0 Å². The van der Waals surface area contributed by atoms with Gasteiger partial charge in [0.15, 0.2) is 0 Å². The molecule has 2 heterocycles. The quantitative estimate of drug-likeness (QED) is 0.623. The summed E-state index contributed by atoms with van der Waals surface area (Å²) in [6.45, 7) is 4.56. The largest absolute Gasteiger partial charge is 0.487 e. The lowest BCUT2D eigenvalue weighted by atomic mass is 10.1. The van der Waals surface area contributed by atoms with Gasteiger partial charge in [-0.15, -0.1) is 0 Å². The van der Waals surface area contributed by atoms with Crippen molar-refractivity contribution in [1.82, 2.24) is 14.1 Å². The molecule has 1 aliphatic rings. The zero-order valence-electron chi connectivity index (χ0n) is 17.2. The first-order chi connectivity index (χ1) is 14.2. The molecule has 0 saturated heterocycles. The number of ether oxygens (including phenoxy) is 1. The second-order valence-corrected chi connectivity index (χ2v) is 9.59. The molecule has 0 fully saturated rings. The predicted octanol–water partition coefficient (Wildman–Crippen LogP) is 3.50. The van der Waals surface area contributed by atoms with Crippen molar-refractivity contribution in [2.45, 2.75) is 38.3 Å². The number of aryl methyl sites for hydroxylation is 3. The monoisotopic (exact) mass is 429 g/mol. The number of halogens is 1. The lowest BCUT2D eigenvalue weighted by Crippen LogP contribution is -2.36. The topological polar surface area (TPSA) is 64.4 Å². The molecule has 158 valence electrons. The fourth-order valence-corrected chi connectivity index (χ4v) is 5.50. The molecule has 8 heteroatoms. The summed E-state index contributed by atoms with van der Waals surface area (Å²) in [4.78, 5) is 0.310. The van der Waals surface area contributed by atoms with Gasteiger partial charge in [-0.25, -0.2) is 12.8 Å². The summed E-state index contributed by atoms with van der Waals surface area (Å²) in [6.07, 6.45) is 0.572. The summed E-state index contributed by atoms with van der Waals surface area (Å²) in [5.74, 6) is 0.0335. The molecule has 0 N–H and O–H groups in total. The van der Waals surface area contributed by atoms with Gasteiger partial charge in [-0.05, 0) is 49.2 Å². The first-order valence-corrected chi connectivity index (χ1v) is 11.2. The van der Waals surface area contributed by atoms with E-state index in [2.05, 4.69) is 5.10 Å². The third-order valence-electron chi connectivity index (χ3n) is 5.30. The summed E-state index contributed by atoms with van der Waals surface area (Å²) in [6, 6.07) is 11.3. The molecule has 0 atom stereocenters. The van der Waals surface area contributed by atoms with Crippen LogP contribution >= 0.6 is 0 Å². The van der Waals surface area contributed by atoms with Gasteiger partial charge in [-0.2, -0.15) is 9.40 Å². The fraction of sp³-hybridized carbons (Fsp3) is 0.318. The van der Waals surface area contributed by atoms with Crippen LogP contribution in [0.4, 0.5) is 4.39 Å². The number of fused-ring (bicyclic) bond motifs is 1. The van der Waals surface area contributed by atoms with Gasteiger partial charge in [0.05, 0.1) is 4.90 Å². The minimum absolute atomic E-state index is 0.143. The Morgan fingerprint density at radius 2 is 1.87 bits per heavy atom. The molecule has 6 nitrogen and oxygen atoms in total. The number of hydrogen-bond acceptors (Lipinski definition) is 4. The highest BCUT2D eigenvalue weighted by Gasteiger charge is 2.32. The molecule has 0 unspecified atom stereocenters. The summed E-state index contributed by atoms with van der Waals surface area (Å²) < 4.78 is 48.9. The number of rotatable bonds is 5. The summed E-state index contributed by atoms with van der Waals surface area (Å²) in [5.41, 5.74) is 4.35. The maximum atomic E-state index is 13.4. The van der Waals surface area contributed by atoms with Crippen molar-refractivity contribution < 1.29 is 17.5 Å². The molecule has 4 rings (SSSR count). The molecule has 0 saturated carbocycles. The molecule has 0 aliphatic carbocycles. The van der Waals surface area contributed by atoms with E-state index in [1.165, 1.54) is 16.4 Å². The third-order valence-corrected chi connectivity index (χ3v) is 7.12. The maximum absolute atomic E-state index is 13.4. The SMILES string of the molecule is Cc1cc(C)cc(S(=O)(=O)N2CCc3c(c(COc4cccc(F)c4)nn3C)C2)c1. The van der Waals surface area contributed by atoms with Crippen molar-refractivity contribution in [1.29, 1.82) is 0 Å². The third kappa shape index (κ3) is 3.97. The highest BCUT2D eigenvalue weighted by atomic mass is 32.2. The maximum Gasteiger partial charge on any atom is 0.243 e. The average Bonchev–Trinajstić information content (AvgIpc) is 3.01. The standard InChI is InChI=1S/C22H24FN3O3S/c1-15-9-16(2)11-19(10-15)30(27,28)26-8-7-22-20(13-26)21(24-25(22)3)14-29-18-6-4-5-17(23)12-18/h4-6,9-12H,7-8,13-14H2,1-3H3. The van der Waals surface area contributed by atoms with E-state index >= 15 is 0 Å². The number of aromatic nitrogens is 2. The predicted molar refractivity (Wildman–Crippen MR) is 111 cm³/mol. The highest BCUT2D eigenvalue weighted by Crippen LogP contribution is 2.28. The van der Waals surface area contributed by atoms with Crippen molar-refractivity contribution in [2.24, 2.45) is 7.05 Å². The molecule has 2 aromatic carbocycles. The molecular formula is C22H24FN3O3S. The van der Waals surface area contributed by atoms with Gasteiger partial charge in [-0.1, -0.05) is 12.1 Å². The number of sulfonamides is 1. The van der Waals surface area contributed by atoms with Crippen molar-refractivity contribution in [3.63, 3.8) is 0 Å². The average molecular weight is 430 g/mol. The van der Waals surface area contributed by atoms with Gasteiger partial charge in [0.2, 0.25) is 10.0 Å². The van der Waals surface area contributed by atoms with Crippen molar-refractivity contribution in [3.05, 3.63) is 76.4 Å². The molecule has 0 amide bonds. The van der Waals surface area contributed by atoms with Gasteiger partial charge < -0.3 is 4.74 Å². The summed E-state index contributed by atoms with van der Waals surface area (Å²) >= 11 is 0. The molecule has 0 bridgehead atoms. The van der Waals surface area contributed by atoms with Gasteiger partial charge in [0.1, 0.15) is 23.9 Å². The zero-order chi connectivity index (χ0) is 21.5. The molecular weight excluding hydrogens is 405 g/mol. The van der Waals surface area contributed by atoms with Crippen LogP contribution in [0.2, 0.25) is 0 Å². The Balaban J connectivity index is 1.60. The minimum Gasteiger partial charge on any atom is -0.487 e. The van der Waals surface area contributed by atoms with E-state index in [1.807, 2.05) is 27.0 Å². The molecule has 0 spiro atoms. The van der Waals surface area contributed by atoms with E-state index in [1.54, 1.807) is 28.9 Å². The lowest BCUT2D eigenvalue weighted by molar-refractivity contribution is 0.295. The van der Waals surface area contributed by atoms with E-state index < -0.39 is 10.0 Å². The number of hydrogen-bond donors (Lipinski definition) is 0. The van der Waals surface area contributed by atoms with Crippen LogP contribution in [-0.4, -0.2) is 29.0 Å². The first kappa shape index (κ1) is 20.6. The van der Waals surface area contributed by atoms with Gasteiger partial charge in [0, 0.05) is 43.9 Å². The number of benzene rings is 2. The van der Waals surface area contributed by atoms with Crippen molar-refractivity contribution in [2.75, 3.05) is 6.54 Å². The van der Waals surface area contributed by atoms with Gasteiger partial charge in [0.25, 0.3) is 0 Å². The number of nitrogens with zero attached hydrogens (tertiary/aromatic N) is 3. The molecule has 0 radical (unpaired) electrons. The Morgan fingerprint density at radius 1 is 1.13 bits per heavy atom. The smallest absolute Gasteiger partial charge is 0.243 e. The Bertz CT molecular complexity index is 1180. The summed E-state index contributed by atoms with van der Waals surface area (Å²) in [7, 11) is -1.78. The van der Waals surface area contributed by atoms with Crippen LogP contribution in [0, 0.1) is 19.7 Å². The van der Waals surface area contributed by atoms with Crippen LogP contribution in [0.1, 0.15) is 28.1 Å². The second kappa shape index (κ2) is 7.85. The molecule has 1 aliphatic heterocycles. The van der Waals surface area contributed by atoms with E-state index in [9.17, 15) is 12.8 Å². The van der Waals surface area contributed by atoms with E-state index in [-0.39, 0.29) is 19.0 Å². The fourth-order valence-electron chi connectivity index (χ4n) is 3.91. The molecule has 30 heavy (non-hydrogen) atoms. The van der Waals surface area contributed by atoms with Crippen LogP contribution < -0.4 is 4.74 Å². The van der Waals surface area contributed by atoms with Crippen LogP contribution in [0.5, 0.6) is 5.75 Å². The van der Waals surface area contributed by atoms with Gasteiger partial charge in [-0.3, -0.25) is 4.68 Å². The first-order valence-electron chi connectivity index (χ1n) is 9.74. The van der Waals surface area contributed by atoms with Crippen LogP contribution in [0.25, 0.3) is 0 Å². The molecule has 3 aromatic rings. The molecule has 1 aromatic heterocycles. The van der Waals surface area contributed by atoms with Crippen LogP contribution in [0.15, 0.2) is 47.4 Å². The zero-order valence-corrected chi connectivity index (χ0v) is 18.0. The Morgan fingerprint density at radius 3 is 2.57 bits per heavy atom. The minimum atomic E-state index is -3.62. The Hall–Kier alpha value is -2.71. The Labute approximate surface area is 176 Å². The Kier molecular flexibility index (Phi) is 5.38. The normalized spacial score (nSPS) is 14.5. The highest BCUT2D eigenvalue weighted by molar-refractivity contribution is 7.89.